The molecule has 0 atom stereocenters. The minimum absolute atomic E-state index is 0.0625. The number of hydrogen-bond donors (Lipinski definition) is 4. The number of benzene rings is 1. The Morgan fingerprint density at radius 3 is 2.55 bits per heavy atom. The number of hydrogen-bond acceptors (Lipinski definition) is 9. The van der Waals surface area contributed by atoms with Crippen LogP contribution in [0.5, 0.6) is 0 Å². The zero-order chi connectivity index (χ0) is 31.8. The van der Waals surface area contributed by atoms with Gasteiger partial charge in [-0.05, 0) is 66.4 Å². The second-order valence-corrected chi connectivity index (χ2v) is 10.7. The molecule has 1 fully saturated rings. The lowest BCUT2D eigenvalue weighted by Gasteiger charge is -2.32. The highest BCUT2D eigenvalue weighted by molar-refractivity contribution is 9.10. The molecule has 0 spiro atoms. The van der Waals surface area contributed by atoms with E-state index in [0.29, 0.717) is 17.2 Å². The van der Waals surface area contributed by atoms with Crippen LogP contribution in [0, 0.1) is 5.41 Å². The number of nitrogen functional groups attached to an aromatic ring is 1. The van der Waals surface area contributed by atoms with Gasteiger partial charge in [-0.15, -0.1) is 0 Å². The maximum Gasteiger partial charge on any atom is 0.300 e. The van der Waals surface area contributed by atoms with Gasteiger partial charge >= 0.3 is 12.9 Å². The Balaban J connectivity index is 0.000000818. The highest BCUT2D eigenvalue weighted by Gasteiger charge is 2.26. The SMILES string of the molecule is CCn1c(CNC(=O)c2nc(Br)cnc2N)[n+](CC)c2ccc(-c3cnn(C4CCN(C(=N)N)CC4)c3)cc21.O=COC=O. The van der Waals surface area contributed by atoms with Crippen molar-refractivity contribution in [2.45, 2.75) is 52.4 Å². The summed E-state index contributed by atoms with van der Waals surface area (Å²) in [6.45, 7) is 7.66. The van der Waals surface area contributed by atoms with Gasteiger partial charge in [0.2, 0.25) is 0 Å². The third-order valence-corrected chi connectivity index (χ3v) is 7.81. The van der Waals surface area contributed by atoms with E-state index in [9.17, 15) is 4.79 Å². The number of aryl methyl sites for hydroxylation is 2. The molecule has 0 radical (unpaired) electrons. The molecule has 1 saturated heterocycles. The van der Waals surface area contributed by atoms with E-state index in [-0.39, 0.29) is 36.3 Å². The topological polar surface area (TPSA) is 204 Å². The van der Waals surface area contributed by atoms with Crippen LogP contribution in [0.15, 0.2) is 41.4 Å². The molecule has 1 amide bonds. The molecule has 0 unspecified atom stereocenters. The van der Waals surface area contributed by atoms with Crippen molar-refractivity contribution in [3.05, 3.63) is 52.9 Å². The van der Waals surface area contributed by atoms with Crippen LogP contribution in [-0.2, 0) is 34.0 Å². The molecule has 232 valence electrons. The predicted octanol–water partition coefficient (Wildman–Crippen LogP) is 1.74. The van der Waals surface area contributed by atoms with Gasteiger partial charge in [0.1, 0.15) is 11.1 Å². The van der Waals surface area contributed by atoms with E-state index in [1.165, 1.54) is 6.20 Å². The second-order valence-electron chi connectivity index (χ2n) is 9.86. The van der Waals surface area contributed by atoms with Gasteiger partial charge in [0.05, 0.1) is 31.5 Å². The minimum atomic E-state index is -0.376. The van der Waals surface area contributed by atoms with E-state index in [1.807, 2.05) is 15.8 Å². The molecule has 1 aliphatic rings. The quantitative estimate of drug-likeness (QED) is 0.0668. The number of likely N-dealkylation sites (tertiary alicyclic amines) is 1. The molecule has 4 aromatic rings. The number of nitrogens with two attached hydrogens (primary N) is 2. The summed E-state index contributed by atoms with van der Waals surface area (Å²) in [5.74, 6) is 0.829. The summed E-state index contributed by atoms with van der Waals surface area (Å²) in [5.41, 5.74) is 15.9. The van der Waals surface area contributed by atoms with E-state index in [1.54, 1.807) is 0 Å². The third-order valence-electron chi connectivity index (χ3n) is 7.43. The summed E-state index contributed by atoms with van der Waals surface area (Å²) < 4.78 is 10.4. The lowest BCUT2D eigenvalue weighted by Crippen LogP contribution is -2.42. The van der Waals surface area contributed by atoms with Crippen LogP contribution in [0.3, 0.4) is 0 Å². The van der Waals surface area contributed by atoms with Gasteiger partial charge in [0.25, 0.3) is 11.7 Å². The van der Waals surface area contributed by atoms with Crippen LogP contribution in [-0.4, -0.2) is 67.1 Å². The first-order valence-electron chi connectivity index (χ1n) is 14.0. The number of carbonyl (C=O) groups excluding carboxylic acids is 3. The molecule has 5 rings (SSSR count). The summed E-state index contributed by atoms with van der Waals surface area (Å²) in [6.07, 6.45) is 7.29. The van der Waals surface area contributed by atoms with Gasteiger partial charge in [-0.25, -0.2) is 19.1 Å². The number of nitrogens with one attached hydrogen (secondary N) is 2. The van der Waals surface area contributed by atoms with Crippen LogP contribution < -0.4 is 21.4 Å². The Hall–Kier alpha value is -4.86. The maximum atomic E-state index is 12.9. The number of aromatic nitrogens is 6. The number of ether oxygens (including phenoxy) is 1. The Labute approximate surface area is 261 Å². The number of rotatable bonds is 9. The van der Waals surface area contributed by atoms with Crippen molar-refractivity contribution in [2.24, 2.45) is 5.73 Å². The van der Waals surface area contributed by atoms with E-state index >= 15 is 0 Å². The highest BCUT2D eigenvalue weighted by Crippen LogP contribution is 2.28. The van der Waals surface area contributed by atoms with Gasteiger partial charge in [-0.2, -0.15) is 5.10 Å². The zero-order valence-corrected chi connectivity index (χ0v) is 26.0. The molecule has 16 heteroatoms. The van der Waals surface area contributed by atoms with Gasteiger partial charge in [0, 0.05) is 24.8 Å². The van der Waals surface area contributed by atoms with Crippen molar-refractivity contribution in [3.8, 4) is 11.1 Å². The number of carbonyl (C=O) groups is 3. The normalized spacial score (nSPS) is 13.2. The smallest absolute Gasteiger partial charge is 0.300 e. The average Bonchev–Trinajstić information content (AvgIpc) is 3.64. The Bertz CT molecular complexity index is 1650. The number of guanidine groups is 1. The summed E-state index contributed by atoms with van der Waals surface area (Å²) >= 11 is 3.25. The molecule has 1 aromatic carbocycles. The number of nitrogens with zero attached hydrogens (tertiary/aromatic N) is 7. The van der Waals surface area contributed by atoms with E-state index < -0.39 is 0 Å². The number of halogens is 1. The molecule has 0 aliphatic carbocycles. The van der Waals surface area contributed by atoms with E-state index in [4.69, 9.17) is 26.5 Å². The largest absolute Gasteiger partial charge is 0.398 e. The van der Waals surface area contributed by atoms with Crippen LogP contribution in [0.1, 0.15) is 49.0 Å². The average molecular weight is 670 g/mol. The lowest BCUT2D eigenvalue weighted by atomic mass is 10.1. The van der Waals surface area contributed by atoms with E-state index in [2.05, 4.69) is 88.4 Å². The highest BCUT2D eigenvalue weighted by atomic mass is 79.9. The standard InChI is InChI=1S/C26H32BrN11O.C2H2O3/c1-3-36-19-6-5-16(17-12-33-38(15-17)18-7-9-35(10-8-18)26(29)30)11-20(19)37(4-2)22(36)14-32-25(39)23-24(28)31-13-21(27)34-23;3-1-5-2-4/h5-6,11-13,15,18H,3-4,7-10,14H2,1-2H3,(H5-,28,29,30,31,32,39);1-2H/p+1. The van der Waals surface area contributed by atoms with Gasteiger partial charge in [-0.1, -0.05) is 0 Å². The summed E-state index contributed by atoms with van der Waals surface area (Å²) in [6, 6.07) is 6.73. The molecule has 6 N–H and O–H groups in total. The monoisotopic (exact) mass is 668 g/mol. The third kappa shape index (κ3) is 7.02. The van der Waals surface area contributed by atoms with Crippen molar-refractivity contribution >= 4 is 57.6 Å². The molecule has 1 aliphatic heterocycles. The number of amides is 1. The lowest BCUT2D eigenvalue weighted by molar-refractivity contribution is -0.676. The first-order valence-corrected chi connectivity index (χ1v) is 14.8. The van der Waals surface area contributed by atoms with Crippen LogP contribution in [0.4, 0.5) is 5.82 Å². The van der Waals surface area contributed by atoms with Gasteiger partial charge < -0.3 is 26.4 Å². The minimum Gasteiger partial charge on any atom is -0.398 e. The first kappa shape index (κ1) is 32.1. The van der Waals surface area contributed by atoms with Crippen molar-refractivity contribution in [3.63, 3.8) is 0 Å². The number of fused-ring (bicyclic) bond motifs is 1. The molecule has 0 saturated carbocycles. The van der Waals surface area contributed by atoms with Gasteiger partial charge in [-0.3, -0.25) is 24.5 Å². The first-order chi connectivity index (χ1) is 21.2. The molecule has 44 heavy (non-hydrogen) atoms. The van der Waals surface area contributed by atoms with Crippen molar-refractivity contribution in [1.29, 1.82) is 5.41 Å². The predicted molar refractivity (Wildman–Crippen MR) is 165 cm³/mol. The van der Waals surface area contributed by atoms with Crippen molar-refractivity contribution in [1.82, 2.24) is 34.5 Å². The molecule has 3 aromatic heterocycles. The fourth-order valence-corrected chi connectivity index (χ4v) is 5.62. The Morgan fingerprint density at radius 2 is 1.93 bits per heavy atom. The summed E-state index contributed by atoms with van der Waals surface area (Å²) in [5, 5.41) is 15.3. The molecule has 15 nitrogen and oxygen atoms in total. The van der Waals surface area contributed by atoms with Gasteiger partial charge in [0.15, 0.2) is 28.5 Å². The van der Waals surface area contributed by atoms with Crippen LogP contribution in [0.25, 0.3) is 22.2 Å². The fourth-order valence-electron chi connectivity index (χ4n) is 5.34. The maximum absolute atomic E-state index is 12.9. The molecule has 4 heterocycles. The molecular formula is C28H35BrN11O4+. The number of imidazole rings is 1. The summed E-state index contributed by atoms with van der Waals surface area (Å²) in [4.78, 5) is 40.9. The van der Waals surface area contributed by atoms with Crippen molar-refractivity contribution in [2.75, 3.05) is 18.8 Å². The number of anilines is 1. The van der Waals surface area contributed by atoms with E-state index in [0.717, 1.165) is 67.0 Å². The molecule has 0 bridgehead atoms. The molecular weight excluding hydrogens is 634 g/mol. The van der Waals surface area contributed by atoms with Crippen LogP contribution in [0.2, 0.25) is 0 Å². The Kier molecular flexibility index (Phi) is 10.6. The van der Waals surface area contributed by atoms with Crippen LogP contribution >= 0.6 is 15.9 Å². The second kappa shape index (κ2) is 14.5. The van der Waals surface area contributed by atoms with Crippen molar-refractivity contribution < 1.29 is 23.7 Å². The number of piperidine rings is 1. The Morgan fingerprint density at radius 1 is 1.20 bits per heavy atom. The summed E-state index contributed by atoms with van der Waals surface area (Å²) in [7, 11) is 0. The fraction of sp³-hybridized carbons (Fsp3) is 0.357. The zero-order valence-electron chi connectivity index (χ0n) is 24.4.